The molecular formula is C15H12BrClF3N. The van der Waals surface area contributed by atoms with Gasteiger partial charge in [0.15, 0.2) is 0 Å². The van der Waals surface area contributed by atoms with Gasteiger partial charge in [-0.3, -0.25) is 4.98 Å². The number of alkyl halides is 4. The molecule has 112 valence electrons. The molecule has 0 N–H and O–H groups in total. The Labute approximate surface area is 134 Å². The summed E-state index contributed by atoms with van der Waals surface area (Å²) in [6.07, 6.45) is -2.58. The third-order valence-corrected chi connectivity index (χ3v) is 4.03. The van der Waals surface area contributed by atoms with E-state index in [0.29, 0.717) is 10.2 Å². The van der Waals surface area contributed by atoms with Crippen molar-refractivity contribution < 1.29 is 13.2 Å². The van der Waals surface area contributed by atoms with Crippen LogP contribution in [-0.2, 0) is 12.6 Å². The number of hydrogen-bond donors (Lipinski definition) is 0. The Morgan fingerprint density at radius 1 is 1.29 bits per heavy atom. The maximum absolute atomic E-state index is 13.1. The van der Waals surface area contributed by atoms with Gasteiger partial charge in [0.05, 0.1) is 10.9 Å². The Morgan fingerprint density at radius 3 is 2.62 bits per heavy atom. The first-order valence-corrected chi connectivity index (χ1v) is 7.43. The van der Waals surface area contributed by atoms with E-state index in [9.17, 15) is 13.2 Å². The van der Waals surface area contributed by atoms with Crippen molar-refractivity contribution in [3.05, 3.63) is 63.4 Å². The fraction of sp³-hybridized carbons (Fsp3) is 0.267. The van der Waals surface area contributed by atoms with Gasteiger partial charge in [-0.25, -0.2) is 0 Å². The van der Waals surface area contributed by atoms with Gasteiger partial charge in [-0.05, 0) is 36.2 Å². The summed E-state index contributed by atoms with van der Waals surface area (Å²) in [5.41, 5.74) is 0.963. The second-order valence-electron chi connectivity index (χ2n) is 4.67. The minimum Gasteiger partial charge on any atom is -0.261 e. The third-order valence-electron chi connectivity index (χ3n) is 3.15. The number of aromatic nitrogens is 1. The van der Waals surface area contributed by atoms with Crippen LogP contribution in [0.25, 0.3) is 0 Å². The Morgan fingerprint density at radius 2 is 2.00 bits per heavy atom. The van der Waals surface area contributed by atoms with Crippen molar-refractivity contribution in [1.82, 2.24) is 4.98 Å². The average molecular weight is 379 g/mol. The molecule has 0 bridgehead atoms. The second-order valence-corrected chi connectivity index (χ2v) is 6.11. The molecule has 1 aromatic carbocycles. The Hall–Kier alpha value is -1.07. The first-order chi connectivity index (χ1) is 9.79. The van der Waals surface area contributed by atoms with Crippen molar-refractivity contribution in [3.63, 3.8) is 0 Å². The maximum Gasteiger partial charge on any atom is 0.416 e. The largest absolute Gasteiger partial charge is 0.416 e. The van der Waals surface area contributed by atoms with Crippen molar-refractivity contribution in [2.45, 2.75) is 24.9 Å². The summed E-state index contributed by atoms with van der Waals surface area (Å²) >= 11 is 9.28. The number of rotatable bonds is 3. The van der Waals surface area contributed by atoms with Crippen molar-refractivity contribution in [1.29, 1.82) is 0 Å². The van der Waals surface area contributed by atoms with E-state index in [1.807, 2.05) is 13.0 Å². The zero-order valence-corrected chi connectivity index (χ0v) is 13.4. The molecule has 2 aromatic rings. The molecule has 0 saturated heterocycles. The molecule has 6 heteroatoms. The Kier molecular flexibility index (Phi) is 4.94. The monoisotopic (exact) mass is 377 g/mol. The van der Waals surface area contributed by atoms with E-state index >= 15 is 0 Å². The van der Waals surface area contributed by atoms with E-state index in [-0.39, 0.29) is 12.0 Å². The molecule has 0 amide bonds. The molecule has 2 rings (SSSR count). The smallest absolute Gasteiger partial charge is 0.261 e. The van der Waals surface area contributed by atoms with Gasteiger partial charge in [-0.1, -0.05) is 28.1 Å². The molecule has 0 aliphatic rings. The van der Waals surface area contributed by atoms with Crippen molar-refractivity contribution in [2.75, 3.05) is 0 Å². The van der Waals surface area contributed by atoms with Crippen molar-refractivity contribution >= 4 is 27.5 Å². The lowest BCUT2D eigenvalue weighted by molar-refractivity contribution is -0.138. The van der Waals surface area contributed by atoms with Gasteiger partial charge in [0, 0.05) is 22.8 Å². The normalized spacial score (nSPS) is 13.2. The molecule has 1 aromatic heterocycles. The van der Waals surface area contributed by atoms with Crippen LogP contribution in [0.5, 0.6) is 0 Å². The van der Waals surface area contributed by atoms with Gasteiger partial charge in [0.25, 0.3) is 0 Å². The summed E-state index contributed by atoms with van der Waals surface area (Å²) in [7, 11) is 0. The van der Waals surface area contributed by atoms with E-state index in [1.54, 1.807) is 18.3 Å². The van der Waals surface area contributed by atoms with Gasteiger partial charge in [-0.2, -0.15) is 13.2 Å². The van der Waals surface area contributed by atoms with Crippen molar-refractivity contribution in [3.8, 4) is 0 Å². The number of pyridine rings is 1. The highest BCUT2D eigenvalue weighted by Gasteiger charge is 2.35. The minimum atomic E-state index is -4.44. The number of nitrogens with zero attached hydrogens (tertiary/aromatic N) is 1. The molecule has 0 spiro atoms. The van der Waals surface area contributed by atoms with Crippen LogP contribution in [0.3, 0.4) is 0 Å². The van der Waals surface area contributed by atoms with Crippen LogP contribution >= 0.6 is 27.5 Å². The lowest BCUT2D eigenvalue weighted by Crippen LogP contribution is -2.12. The Bertz CT molecular complexity index is 643. The highest BCUT2D eigenvalue weighted by atomic mass is 79.9. The van der Waals surface area contributed by atoms with E-state index in [1.165, 1.54) is 6.07 Å². The summed E-state index contributed by atoms with van der Waals surface area (Å²) in [4.78, 5) is 4.18. The predicted octanol–water partition coefficient (Wildman–Crippen LogP) is 5.69. The molecule has 0 aliphatic heterocycles. The van der Waals surface area contributed by atoms with Crippen molar-refractivity contribution in [2.24, 2.45) is 0 Å². The number of hydrogen-bond acceptors (Lipinski definition) is 1. The van der Waals surface area contributed by atoms with Crippen LogP contribution in [0, 0.1) is 6.92 Å². The topological polar surface area (TPSA) is 12.9 Å². The van der Waals surface area contributed by atoms with Crippen LogP contribution in [0.2, 0.25) is 0 Å². The standard InChI is InChI=1S/C15H12BrClF3N/c1-9-3-2-6-21-14(9)8-13(17)11-5-4-10(16)7-12(11)15(18,19)20/h2-7,13H,8H2,1H3. The molecule has 21 heavy (non-hydrogen) atoms. The van der Waals surface area contributed by atoms with E-state index < -0.39 is 17.1 Å². The van der Waals surface area contributed by atoms with E-state index in [0.717, 1.165) is 11.6 Å². The van der Waals surface area contributed by atoms with Gasteiger partial charge in [-0.15, -0.1) is 11.6 Å². The van der Waals surface area contributed by atoms with Crippen LogP contribution in [0.1, 0.15) is 27.8 Å². The predicted molar refractivity (Wildman–Crippen MR) is 80.4 cm³/mol. The third kappa shape index (κ3) is 3.98. The van der Waals surface area contributed by atoms with Gasteiger partial charge < -0.3 is 0 Å². The average Bonchev–Trinajstić information content (AvgIpc) is 2.40. The molecule has 1 nitrogen and oxygen atoms in total. The number of halogens is 5. The quantitative estimate of drug-likeness (QED) is 0.625. The summed E-state index contributed by atoms with van der Waals surface area (Å²) in [5, 5.41) is -0.789. The maximum atomic E-state index is 13.1. The molecule has 0 saturated carbocycles. The lowest BCUT2D eigenvalue weighted by atomic mass is 9.99. The van der Waals surface area contributed by atoms with Gasteiger partial charge in [0.2, 0.25) is 0 Å². The lowest BCUT2D eigenvalue weighted by Gasteiger charge is -2.17. The first-order valence-electron chi connectivity index (χ1n) is 6.20. The first kappa shape index (κ1) is 16.3. The van der Waals surface area contributed by atoms with Crippen LogP contribution in [0.4, 0.5) is 13.2 Å². The zero-order valence-electron chi connectivity index (χ0n) is 11.1. The summed E-state index contributed by atoms with van der Waals surface area (Å²) < 4.78 is 39.7. The van der Waals surface area contributed by atoms with E-state index in [2.05, 4.69) is 20.9 Å². The molecule has 1 unspecified atom stereocenters. The van der Waals surface area contributed by atoms with E-state index in [4.69, 9.17) is 11.6 Å². The molecule has 0 radical (unpaired) electrons. The molecule has 0 aliphatic carbocycles. The SMILES string of the molecule is Cc1cccnc1CC(Cl)c1ccc(Br)cc1C(F)(F)F. The fourth-order valence-electron chi connectivity index (χ4n) is 2.06. The number of aryl methyl sites for hydroxylation is 1. The summed E-state index contributed by atoms with van der Waals surface area (Å²) in [6.45, 7) is 1.86. The van der Waals surface area contributed by atoms with Crippen LogP contribution in [-0.4, -0.2) is 4.98 Å². The van der Waals surface area contributed by atoms with Gasteiger partial charge in [0.1, 0.15) is 0 Å². The van der Waals surface area contributed by atoms with Gasteiger partial charge >= 0.3 is 6.18 Å². The molecule has 1 atom stereocenters. The molecule has 1 heterocycles. The Balaban J connectivity index is 2.36. The fourth-order valence-corrected chi connectivity index (χ4v) is 2.76. The van der Waals surface area contributed by atoms with Crippen LogP contribution in [0.15, 0.2) is 41.0 Å². The number of benzene rings is 1. The summed E-state index contributed by atoms with van der Waals surface area (Å²) in [5.74, 6) is 0. The van der Waals surface area contributed by atoms with Crippen LogP contribution < -0.4 is 0 Å². The summed E-state index contributed by atoms with van der Waals surface area (Å²) in [6, 6.07) is 7.66. The highest BCUT2D eigenvalue weighted by molar-refractivity contribution is 9.10. The zero-order chi connectivity index (χ0) is 15.6. The second kappa shape index (κ2) is 6.36. The highest BCUT2D eigenvalue weighted by Crippen LogP contribution is 2.39. The molecule has 0 fully saturated rings. The molecular weight excluding hydrogens is 367 g/mol. The minimum absolute atomic E-state index is 0.0671.